The Morgan fingerprint density at radius 1 is 1.18 bits per heavy atom. The summed E-state index contributed by atoms with van der Waals surface area (Å²) >= 11 is 0. The summed E-state index contributed by atoms with van der Waals surface area (Å²) in [5, 5.41) is 4.29. The van der Waals surface area contributed by atoms with Gasteiger partial charge in [0.2, 0.25) is 10.0 Å². The molecule has 0 radical (unpaired) electrons. The van der Waals surface area contributed by atoms with Gasteiger partial charge in [-0.05, 0) is 32.3 Å². The van der Waals surface area contributed by atoms with E-state index in [0.29, 0.717) is 13.0 Å². The molecule has 0 aliphatic carbocycles. The normalized spacial score (nSPS) is 11.8. The molecule has 0 spiro atoms. The van der Waals surface area contributed by atoms with Gasteiger partial charge >= 0.3 is 0 Å². The van der Waals surface area contributed by atoms with Gasteiger partial charge in [-0.25, -0.2) is 13.1 Å². The zero-order valence-corrected chi connectivity index (χ0v) is 14.2. The Bertz CT molecular complexity index is 721. The third kappa shape index (κ3) is 4.42. The molecule has 0 saturated carbocycles. The monoisotopic (exact) mass is 321 g/mol. The van der Waals surface area contributed by atoms with Crippen molar-refractivity contribution in [2.75, 3.05) is 5.75 Å². The quantitative estimate of drug-likeness (QED) is 0.849. The Morgan fingerprint density at radius 3 is 2.45 bits per heavy atom. The van der Waals surface area contributed by atoms with Gasteiger partial charge in [-0.15, -0.1) is 0 Å². The van der Waals surface area contributed by atoms with E-state index in [1.165, 1.54) is 0 Å². The first-order chi connectivity index (χ1) is 10.4. The van der Waals surface area contributed by atoms with Crippen LogP contribution in [-0.2, 0) is 30.0 Å². The molecule has 22 heavy (non-hydrogen) atoms. The third-order valence-corrected chi connectivity index (χ3v) is 5.26. The minimum absolute atomic E-state index is 0.139. The molecule has 1 heterocycles. The first-order valence-electron chi connectivity index (χ1n) is 7.39. The molecule has 0 atom stereocenters. The van der Waals surface area contributed by atoms with Gasteiger partial charge in [-0.3, -0.25) is 4.68 Å². The zero-order valence-electron chi connectivity index (χ0n) is 13.3. The molecule has 0 aliphatic heterocycles. The fourth-order valence-corrected chi connectivity index (χ4v) is 3.47. The van der Waals surface area contributed by atoms with Crippen LogP contribution < -0.4 is 4.72 Å². The van der Waals surface area contributed by atoms with Crippen LogP contribution in [0.1, 0.15) is 28.9 Å². The summed E-state index contributed by atoms with van der Waals surface area (Å²) in [4.78, 5) is 0. The minimum atomic E-state index is -3.26. The SMILES string of the molecule is Cc1nn(C)c(C)c1CNS(=O)(=O)CCCc1ccccc1. The standard InChI is InChI=1S/C16H23N3O2S/c1-13-16(14(2)19(3)18-13)12-17-22(20,21)11-7-10-15-8-5-4-6-9-15/h4-6,8-9,17H,7,10-12H2,1-3H3. The van der Waals surface area contributed by atoms with Crippen molar-refractivity contribution in [1.29, 1.82) is 0 Å². The maximum atomic E-state index is 12.1. The van der Waals surface area contributed by atoms with Gasteiger partial charge in [0.05, 0.1) is 11.4 Å². The van der Waals surface area contributed by atoms with Crippen molar-refractivity contribution in [3.8, 4) is 0 Å². The van der Waals surface area contributed by atoms with Crippen LogP contribution in [0, 0.1) is 13.8 Å². The number of nitrogens with one attached hydrogen (secondary N) is 1. The van der Waals surface area contributed by atoms with E-state index in [9.17, 15) is 8.42 Å². The Morgan fingerprint density at radius 2 is 1.86 bits per heavy atom. The van der Waals surface area contributed by atoms with E-state index in [1.54, 1.807) is 4.68 Å². The van der Waals surface area contributed by atoms with E-state index in [-0.39, 0.29) is 5.75 Å². The number of aryl methyl sites for hydroxylation is 3. The average molecular weight is 321 g/mol. The summed E-state index contributed by atoms with van der Waals surface area (Å²) in [6, 6.07) is 9.93. The molecule has 1 aromatic carbocycles. The number of hydrogen-bond donors (Lipinski definition) is 1. The largest absolute Gasteiger partial charge is 0.272 e. The van der Waals surface area contributed by atoms with Crippen molar-refractivity contribution in [3.63, 3.8) is 0 Å². The number of sulfonamides is 1. The van der Waals surface area contributed by atoms with Gasteiger partial charge in [0, 0.05) is 24.8 Å². The van der Waals surface area contributed by atoms with E-state index < -0.39 is 10.0 Å². The van der Waals surface area contributed by atoms with E-state index in [4.69, 9.17) is 0 Å². The fourth-order valence-electron chi connectivity index (χ4n) is 2.44. The van der Waals surface area contributed by atoms with Crippen LogP contribution in [-0.4, -0.2) is 24.0 Å². The first-order valence-corrected chi connectivity index (χ1v) is 9.04. The van der Waals surface area contributed by atoms with Crippen molar-refractivity contribution >= 4 is 10.0 Å². The number of hydrogen-bond acceptors (Lipinski definition) is 3. The van der Waals surface area contributed by atoms with Crippen molar-refractivity contribution in [3.05, 3.63) is 52.8 Å². The first kappa shape index (κ1) is 16.7. The lowest BCUT2D eigenvalue weighted by molar-refractivity contribution is 0.578. The zero-order chi connectivity index (χ0) is 16.2. The summed E-state index contributed by atoms with van der Waals surface area (Å²) in [5.41, 5.74) is 3.97. The maximum Gasteiger partial charge on any atom is 0.211 e. The molecular formula is C16H23N3O2S. The predicted octanol–water partition coefficient (Wildman–Crippen LogP) is 2.09. The lowest BCUT2D eigenvalue weighted by Gasteiger charge is -2.07. The molecular weight excluding hydrogens is 298 g/mol. The molecule has 0 amide bonds. The van der Waals surface area contributed by atoms with Crippen molar-refractivity contribution in [1.82, 2.24) is 14.5 Å². The van der Waals surface area contributed by atoms with Gasteiger partial charge in [0.25, 0.3) is 0 Å². The summed E-state index contributed by atoms with van der Waals surface area (Å²) < 4.78 is 28.6. The van der Waals surface area contributed by atoms with Crippen LogP contribution in [0.5, 0.6) is 0 Å². The number of nitrogens with zero attached hydrogens (tertiary/aromatic N) is 2. The van der Waals surface area contributed by atoms with Crippen LogP contribution in [0.4, 0.5) is 0 Å². The predicted molar refractivity (Wildman–Crippen MR) is 88.1 cm³/mol. The highest BCUT2D eigenvalue weighted by atomic mass is 32.2. The summed E-state index contributed by atoms with van der Waals surface area (Å²) in [6.45, 7) is 4.14. The molecule has 0 saturated heterocycles. The number of rotatable bonds is 7. The molecule has 6 heteroatoms. The maximum absolute atomic E-state index is 12.1. The van der Waals surface area contributed by atoms with Gasteiger partial charge in [-0.1, -0.05) is 30.3 Å². The molecule has 1 aromatic heterocycles. The van der Waals surface area contributed by atoms with Gasteiger partial charge in [0.15, 0.2) is 0 Å². The second-order valence-corrected chi connectivity index (χ2v) is 7.43. The van der Waals surface area contributed by atoms with Crippen LogP contribution >= 0.6 is 0 Å². The highest BCUT2D eigenvalue weighted by Crippen LogP contribution is 2.12. The molecule has 0 bridgehead atoms. The van der Waals surface area contributed by atoms with Crippen molar-refractivity contribution in [2.24, 2.45) is 7.05 Å². The Balaban J connectivity index is 1.86. The van der Waals surface area contributed by atoms with Crippen molar-refractivity contribution < 1.29 is 8.42 Å². The highest BCUT2D eigenvalue weighted by molar-refractivity contribution is 7.89. The van der Waals surface area contributed by atoms with Crippen LogP contribution in [0.15, 0.2) is 30.3 Å². The second kappa shape index (κ2) is 7.07. The Labute approximate surface area is 132 Å². The van der Waals surface area contributed by atoms with Gasteiger partial charge < -0.3 is 0 Å². The number of benzene rings is 1. The summed E-state index contributed by atoms with van der Waals surface area (Å²) in [6.07, 6.45) is 1.39. The smallest absolute Gasteiger partial charge is 0.211 e. The summed E-state index contributed by atoms with van der Waals surface area (Å²) in [5.74, 6) is 0.139. The second-order valence-electron chi connectivity index (χ2n) is 5.50. The number of aromatic nitrogens is 2. The van der Waals surface area contributed by atoms with E-state index >= 15 is 0 Å². The van der Waals surface area contributed by atoms with Gasteiger partial charge in [0.1, 0.15) is 0 Å². The van der Waals surface area contributed by atoms with Crippen LogP contribution in [0.3, 0.4) is 0 Å². The van der Waals surface area contributed by atoms with E-state index in [0.717, 1.165) is 28.9 Å². The molecule has 0 fully saturated rings. The molecule has 120 valence electrons. The molecule has 0 aliphatic rings. The lowest BCUT2D eigenvalue weighted by Crippen LogP contribution is -2.26. The molecule has 0 unspecified atom stereocenters. The molecule has 2 aromatic rings. The summed E-state index contributed by atoms with van der Waals surface area (Å²) in [7, 11) is -1.40. The Hall–Kier alpha value is -1.66. The fraction of sp³-hybridized carbons (Fsp3) is 0.438. The minimum Gasteiger partial charge on any atom is -0.272 e. The van der Waals surface area contributed by atoms with E-state index in [2.05, 4.69) is 9.82 Å². The third-order valence-electron chi connectivity index (χ3n) is 3.85. The molecule has 2 rings (SSSR count). The Kier molecular flexibility index (Phi) is 5.37. The van der Waals surface area contributed by atoms with Crippen molar-refractivity contribution in [2.45, 2.75) is 33.2 Å². The lowest BCUT2D eigenvalue weighted by atomic mass is 10.1. The van der Waals surface area contributed by atoms with Crippen LogP contribution in [0.2, 0.25) is 0 Å². The topological polar surface area (TPSA) is 64.0 Å². The highest BCUT2D eigenvalue weighted by Gasteiger charge is 2.14. The van der Waals surface area contributed by atoms with Crippen LogP contribution in [0.25, 0.3) is 0 Å². The molecule has 1 N–H and O–H groups in total. The molecule has 5 nitrogen and oxygen atoms in total. The van der Waals surface area contributed by atoms with E-state index in [1.807, 2.05) is 51.2 Å². The van der Waals surface area contributed by atoms with Gasteiger partial charge in [-0.2, -0.15) is 5.10 Å². The average Bonchev–Trinajstić information content (AvgIpc) is 2.71.